The molecule has 4 heteroatoms. The van der Waals surface area contributed by atoms with Crippen molar-refractivity contribution in [1.29, 1.82) is 0 Å². The van der Waals surface area contributed by atoms with E-state index in [4.69, 9.17) is 4.98 Å². The highest BCUT2D eigenvalue weighted by Crippen LogP contribution is 2.43. The van der Waals surface area contributed by atoms with Gasteiger partial charge in [0.05, 0.1) is 16.9 Å². The lowest BCUT2D eigenvalue weighted by molar-refractivity contribution is 0.446. The van der Waals surface area contributed by atoms with E-state index in [0.29, 0.717) is 5.75 Å². The van der Waals surface area contributed by atoms with E-state index in [2.05, 4.69) is 145 Å². The number of hydrogen-bond acceptors (Lipinski definition) is 3. The van der Waals surface area contributed by atoms with Crippen molar-refractivity contribution in [2.24, 2.45) is 0 Å². The van der Waals surface area contributed by atoms with E-state index in [-0.39, 0.29) is 16.2 Å². The number of nitrogens with zero attached hydrogens (tertiary/aromatic N) is 3. The first-order chi connectivity index (χ1) is 20.6. The number of aromatic hydroxyl groups is 1. The molecule has 6 rings (SSSR count). The second kappa shape index (κ2) is 10.3. The van der Waals surface area contributed by atoms with Crippen molar-refractivity contribution in [3.63, 3.8) is 0 Å². The summed E-state index contributed by atoms with van der Waals surface area (Å²) in [6.07, 6.45) is 1.84. The average molecular weight is 582 g/mol. The summed E-state index contributed by atoms with van der Waals surface area (Å²) in [5.74, 6) is 0.298. The van der Waals surface area contributed by atoms with Crippen LogP contribution in [0.1, 0.15) is 79.0 Å². The number of para-hydroxylation sites is 1. The average Bonchev–Trinajstić information content (AvgIpc) is 3.29. The Bertz CT molecular complexity index is 2010. The van der Waals surface area contributed by atoms with Gasteiger partial charge >= 0.3 is 0 Å². The van der Waals surface area contributed by atoms with E-state index < -0.39 is 0 Å². The lowest BCUT2D eigenvalue weighted by Crippen LogP contribution is -2.17. The quantitative estimate of drug-likeness (QED) is 0.226. The van der Waals surface area contributed by atoms with Crippen molar-refractivity contribution in [2.45, 2.75) is 78.6 Å². The van der Waals surface area contributed by atoms with Gasteiger partial charge in [0.15, 0.2) is 0 Å². The summed E-state index contributed by atoms with van der Waals surface area (Å²) in [5, 5.41) is 13.9. The molecule has 44 heavy (non-hydrogen) atoms. The number of benzene rings is 3. The fraction of sp³-hybridized carbons (Fsp3) is 0.300. The monoisotopic (exact) mass is 581 g/mol. The molecule has 1 N–H and O–H groups in total. The molecule has 4 nitrogen and oxygen atoms in total. The maximum Gasteiger partial charge on any atom is 0.146 e. The zero-order chi connectivity index (χ0) is 31.6. The molecule has 3 aromatic heterocycles. The summed E-state index contributed by atoms with van der Waals surface area (Å²) < 4.78 is 2.27. The lowest BCUT2D eigenvalue weighted by Gasteiger charge is -2.27. The Morgan fingerprint density at radius 3 is 1.95 bits per heavy atom. The first-order valence-electron chi connectivity index (χ1n) is 15.5. The van der Waals surface area contributed by atoms with Gasteiger partial charge in [0.2, 0.25) is 0 Å². The molecular weight excluding hydrogens is 538 g/mol. The lowest BCUT2D eigenvalue weighted by atomic mass is 9.78. The molecule has 0 saturated heterocycles. The SMILES string of the molecule is CC(C)(C)c1cc(-c2ccccn2)cc(-n2c3ccccc3c3ccc(-c4cc(C(C)(C)C)cc(C(C)(C)C)c4O)nc32)c1. The van der Waals surface area contributed by atoms with Crippen LogP contribution in [-0.2, 0) is 16.2 Å². The standard InChI is InChI=1S/C40H43N3O/c1-38(2,3)26-20-25(33-15-12-13-19-41-33)21-28(22-26)43-35-16-11-10-14-29(35)30-17-18-34(42-37(30)43)31-23-27(39(4,5)6)24-32(36(31)44)40(7,8)9/h10-24,44H,1-9H3. The summed E-state index contributed by atoms with van der Waals surface area (Å²) >= 11 is 0. The summed E-state index contributed by atoms with van der Waals surface area (Å²) in [7, 11) is 0. The van der Waals surface area contributed by atoms with Crippen LogP contribution < -0.4 is 0 Å². The zero-order valence-electron chi connectivity index (χ0n) is 27.4. The van der Waals surface area contributed by atoms with E-state index in [0.717, 1.165) is 55.7 Å². The van der Waals surface area contributed by atoms with Crippen LogP contribution in [0.15, 0.2) is 91.1 Å². The van der Waals surface area contributed by atoms with E-state index in [1.54, 1.807) is 0 Å². The molecule has 6 aromatic rings. The molecule has 3 heterocycles. The Balaban J connectivity index is 1.68. The van der Waals surface area contributed by atoms with Gasteiger partial charge in [-0.2, -0.15) is 0 Å². The van der Waals surface area contributed by atoms with Gasteiger partial charge in [-0.15, -0.1) is 0 Å². The van der Waals surface area contributed by atoms with Crippen LogP contribution in [0.5, 0.6) is 5.75 Å². The summed E-state index contributed by atoms with van der Waals surface area (Å²) in [6.45, 7) is 19.8. The smallest absolute Gasteiger partial charge is 0.146 e. The number of phenolic OH excluding ortho intramolecular Hbond substituents is 1. The van der Waals surface area contributed by atoms with Crippen molar-refractivity contribution in [2.75, 3.05) is 0 Å². The largest absolute Gasteiger partial charge is 0.507 e. The number of aromatic nitrogens is 3. The Morgan fingerprint density at radius 1 is 0.614 bits per heavy atom. The van der Waals surface area contributed by atoms with E-state index in [1.807, 2.05) is 18.3 Å². The third-order valence-corrected chi connectivity index (χ3v) is 8.58. The first kappa shape index (κ1) is 29.6. The fourth-order valence-corrected chi connectivity index (χ4v) is 5.94. The van der Waals surface area contributed by atoms with Crippen molar-refractivity contribution in [1.82, 2.24) is 14.5 Å². The Hall–Kier alpha value is -4.44. The molecule has 0 saturated carbocycles. The van der Waals surface area contributed by atoms with Gasteiger partial charge in [-0.05, 0) is 82.0 Å². The Morgan fingerprint density at radius 2 is 1.30 bits per heavy atom. The van der Waals surface area contributed by atoms with Crippen LogP contribution in [0, 0.1) is 0 Å². The van der Waals surface area contributed by atoms with Gasteiger partial charge in [0.1, 0.15) is 11.4 Å². The van der Waals surface area contributed by atoms with Crippen LogP contribution in [-0.4, -0.2) is 19.6 Å². The third-order valence-electron chi connectivity index (χ3n) is 8.58. The number of hydrogen-bond donors (Lipinski definition) is 1. The number of rotatable bonds is 3. The minimum atomic E-state index is -0.228. The normalized spacial score (nSPS) is 12.8. The zero-order valence-corrected chi connectivity index (χ0v) is 27.4. The van der Waals surface area contributed by atoms with Crippen molar-refractivity contribution >= 4 is 21.9 Å². The highest BCUT2D eigenvalue weighted by molar-refractivity contribution is 6.08. The van der Waals surface area contributed by atoms with E-state index >= 15 is 0 Å². The second-order valence-corrected chi connectivity index (χ2v) is 15.1. The summed E-state index contributed by atoms with van der Waals surface area (Å²) in [6, 6.07) is 29.8. The molecule has 0 aliphatic carbocycles. The number of fused-ring (bicyclic) bond motifs is 3. The van der Waals surface area contributed by atoms with Crippen LogP contribution >= 0.6 is 0 Å². The Labute approximate surface area is 261 Å². The molecule has 0 atom stereocenters. The molecule has 224 valence electrons. The van der Waals surface area contributed by atoms with Gasteiger partial charge in [-0.1, -0.05) is 92.6 Å². The van der Waals surface area contributed by atoms with Crippen molar-refractivity contribution in [3.05, 3.63) is 108 Å². The summed E-state index contributed by atoms with van der Waals surface area (Å²) in [5.41, 5.74) is 9.47. The molecule has 0 aliphatic heterocycles. The molecular formula is C40H43N3O. The van der Waals surface area contributed by atoms with E-state index in [9.17, 15) is 5.11 Å². The summed E-state index contributed by atoms with van der Waals surface area (Å²) in [4.78, 5) is 10.0. The fourth-order valence-electron chi connectivity index (χ4n) is 5.94. The molecule has 0 bridgehead atoms. The maximum absolute atomic E-state index is 11.7. The molecule has 0 radical (unpaired) electrons. The minimum absolute atomic E-state index is 0.0700. The van der Waals surface area contributed by atoms with Gasteiger partial charge in [0.25, 0.3) is 0 Å². The van der Waals surface area contributed by atoms with Gasteiger partial charge in [0, 0.05) is 39.3 Å². The van der Waals surface area contributed by atoms with Gasteiger partial charge < -0.3 is 5.11 Å². The van der Waals surface area contributed by atoms with E-state index in [1.165, 1.54) is 11.1 Å². The third kappa shape index (κ3) is 5.27. The van der Waals surface area contributed by atoms with Crippen LogP contribution in [0.3, 0.4) is 0 Å². The van der Waals surface area contributed by atoms with Gasteiger partial charge in [-0.3, -0.25) is 9.55 Å². The highest BCUT2D eigenvalue weighted by Gasteiger charge is 2.27. The van der Waals surface area contributed by atoms with Crippen LogP contribution in [0.2, 0.25) is 0 Å². The topological polar surface area (TPSA) is 50.9 Å². The number of phenols is 1. The van der Waals surface area contributed by atoms with Crippen molar-refractivity contribution in [3.8, 4) is 34.0 Å². The maximum atomic E-state index is 11.7. The minimum Gasteiger partial charge on any atom is -0.507 e. The van der Waals surface area contributed by atoms with Crippen LogP contribution in [0.4, 0.5) is 0 Å². The van der Waals surface area contributed by atoms with Gasteiger partial charge in [-0.25, -0.2) is 4.98 Å². The number of pyridine rings is 2. The predicted octanol–water partition coefficient (Wildman–Crippen LogP) is 10.5. The molecule has 0 amide bonds. The van der Waals surface area contributed by atoms with Crippen molar-refractivity contribution < 1.29 is 5.11 Å². The molecule has 0 fully saturated rings. The predicted molar refractivity (Wildman–Crippen MR) is 185 cm³/mol. The Kier molecular flexibility index (Phi) is 6.96. The molecule has 0 spiro atoms. The molecule has 0 aliphatic rings. The highest BCUT2D eigenvalue weighted by atomic mass is 16.3. The molecule has 0 unspecified atom stereocenters. The molecule has 3 aromatic carbocycles. The first-order valence-corrected chi connectivity index (χ1v) is 15.5. The van der Waals surface area contributed by atoms with Crippen LogP contribution in [0.25, 0.3) is 50.1 Å². The second-order valence-electron chi connectivity index (χ2n) is 15.1.